The first-order valence-electron chi connectivity index (χ1n) is 10.8. The van der Waals surface area contributed by atoms with E-state index in [4.69, 9.17) is 11.1 Å². The minimum absolute atomic E-state index is 0.103. The summed E-state index contributed by atoms with van der Waals surface area (Å²) < 4.78 is 27.5. The fourth-order valence-electron chi connectivity index (χ4n) is 4.36. The average Bonchev–Trinajstić information content (AvgIpc) is 2.72. The molecule has 0 aromatic heterocycles. The molecule has 10 nitrogen and oxygen atoms in total. The standard InChI is InChI=1S/C21H31N5O5S/c22-20(23)15-8-4-9-16(19(15)28)24-18(27)12-26-11-5-10-17(21(26)29)25-32(30,31)13-14-6-2-1-3-7-14/h1-3,6-7,15-17,19,25,28H,4-5,8-13H2,(H3,22,23)(H,24,27)/t15?,16-,17-,19?/m0/s1. The number of aliphatic hydroxyl groups excluding tert-OH is 1. The molecule has 1 heterocycles. The molecule has 32 heavy (non-hydrogen) atoms. The number of hydrogen-bond acceptors (Lipinski definition) is 6. The number of nitrogens with one attached hydrogen (secondary N) is 3. The second-order valence-corrected chi connectivity index (χ2v) is 10.2. The summed E-state index contributed by atoms with van der Waals surface area (Å²) in [5.74, 6) is -1.69. The minimum Gasteiger partial charge on any atom is -0.390 e. The Bertz CT molecular complexity index is 939. The van der Waals surface area contributed by atoms with E-state index in [2.05, 4.69) is 10.0 Å². The topological polar surface area (TPSA) is 166 Å². The van der Waals surface area contributed by atoms with Crippen molar-refractivity contribution in [1.29, 1.82) is 5.41 Å². The van der Waals surface area contributed by atoms with E-state index in [0.29, 0.717) is 37.8 Å². The van der Waals surface area contributed by atoms with Crippen LogP contribution in [0.2, 0.25) is 0 Å². The molecule has 1 saturated heterocycles. The van der Waals surface area contributed by atoms with E-state index in [1.807, 2.05) is 0 Å². The number of carbonyl (C=O) groups is 2. The SMILES string of the molecule is N=C(N)C1CCC[C@H](NC(=O)CN2CCC[C@H](NS(=O)(=O)Cc3ccccc3)C2=O)C1O. The number of carbonyl (C=O) groups excluding carboxylic acids is 2. The first-order chi connectivity index (χ1) is 15.2. The van der Waals surface area contributed by atoms with E-state index >= 15 is 0 Å². The van der Waals surface area contributed by atoms with E-state index in [0.717, 1.165) is 6.42 Å². The first-order valence-corrected chi connectivity index (χ1v) is 12.5. The molecule has 0 spiro atoms. The highest BCUT2D eigenvalue weighted by Gasteiger charge is 2.36. The Hall–Kier alpha value is -2.50. The Morgan fingerprint density at radius 3 is 2.59 bits per heavy atom. The molecule has 3 rings (SSSR count). The maximum atomic E-state index is 12.8. The fraction of sp³-hybridized carbons (Fsp3) is 0.571. The van der Waals surface area contributed by atoms with Crippen molar-refractivity contribution in [3.8, 4) is 0 Å². The van der Waals surface area contributed by atoms with Gasteiger partial charge in [-0.1, -0.05) is 36.8 Å². The molecule has 1 saturated carbocycles. The summed E-state index contributed by atoms with van der Waals surface area (Å²) in [7, 11) is -3.73. The third-order valence-electron chi connectivity index (χ3n) is 5.99. The Labute approximate surface area is 188 Å². The van der Waals surface area contributed by atoms with E-state index in [1.165, 1.54) is 4.90 Å². The second-order valence-electron chi connectivity index (χ2n) is 8.47. The smallest absolute Gasteiger partial charge is 0.241 e. The van der Waals surface area contributed by atoms with Crippen molar-refractivity contribution in [1.82, 2.24) is 14.9 Å². The lowest BCUT2D eigenvalue weighted by Crippen LogP contribution is -2.57. The van der Waals surface area contributed by atoms with Crippen LogP contribution in [0.15, 0.2) is 30.3 Å². The Morgan fingerprint density at radius 1 is 1.19 bits per heavy atom. The molecule has 176 valence electrons. The van der Waals surface area contributed by atoms with Crippen LogP contribution in [0, 0.1) is 11.3 Å². The van der Waals surface area contributed by atoms with Crippen LogP contribution >= 0.6 is 0 Å². The number of sulfonamides is 1. The van der Waals surface area contributed by atoms with Crippen molar-refractivity contribution >= 4 is 27.7 Å². The molecule has 1 aliphatic carbocycles. The summed E-state index contributed by atoms with van der Waals surface area (Å²) in [5, 5.41) is 20.7. The Morgan fingerprint density at radius 2 is 1.91 bits per heavy atom. The maximum absolute atomic E-state index is 12.8. The quantitative estimate of drug-likeness (QED) is 0.261. The van der Waals surface area contributed by atoms with Crippen LogP contribution in [0.1, 0.15) is 37.7 Å². The summed E-state index contributed by atoms with van der Waals surface area (Å²) in [4.78, 5) is 26.7. The van der Waals surface area contributed by atoms with Gasteiger partial charge in [-0.15, -0.1) is 0 Å². The van der Waals surface area contributed by atoms with Gasteiger partial charge in [0.15, 0.2) is 0 Å². The zero-order valence-electron chi connectivity index (χ0n) is 17.9. The van der Waals surface area contributed by atoms with Crippen molar-refractivity contribution in [2.75, 3.05) is 13.1 Å². The van der Waals surface area contributed by atoms with Crippen LogP contribution in [-0.4, -0.2) is 67.4 Å². The zero-order chi connectivity index (χ0) is 23.3. The van der Waals surface area contributed by atoms with Gasteiger partial charge in [-0.2, -0.15) is 0 Å². The predicted octanol–water partition coefficient (Wildman–Crippen LogP) is -0.321. The Kier molecular flexibility index (Phi) is 7.86. The van der Waals surface area contributed by atoms with E-state index in [1.54, 1.807) is 30.3 Å². The predicted molar refractivity (Wildman–Crippen MR) is 119 cm³/mol. The van der Waals surface area contributed by atoms with Crippen LogP contribution in [0.5, 0.6) is 0 Å². The summed E-state index contributed by atoms with van der Waals surface area (Å²) in [6, 6.07) is 7.25. The van der Waals surface area contributed by atoms with E-state index in [-0.39, 0.29) is 18.1 Å². The number of rotatable bonds is 8. The molecule has 11 heteroatoms. The number of benzene rings is 1. The largest absolute Gasteiger partial charge is 0.390 e. The van der Waals surface area contributed by atoms with Gasteiger partial charge in [0, 0.05) is 12.5 Å². The monoisotopic (exact) mass is 465 g/mol. The second kappa shape index (κ2) is 10.4. The van der Waals surface area contributed by atoms with Crippen LogP contribution in [0.4, 0.5) is 0 Å². The Balaban J connectivity index is 1.55. The number of hydrogen-bond donors (Lipinski definition) is 5. The van der Waals surface area contributed by atoms with Gasteiger partial charge in [-0.3, -0.25) is 15.0 Å². The molecule has 2 amide bonds. The third kappa shape index (κ3) is 6.27. The van der Waals surface area contributed by atoms with Crippen molar-refractivity contribution < 1.29 is 23.1 Å². The lowest BCUT2D eigenvalue weighted by molar-refractivity contribution is -0.140. The summed E-state index contributed by atoms with van der Waals surface area (Å²) in [6.07, 6.45) is 1.87. The number of aliphatic hydroxyl groups is 1. The average molecular weight is 466 g/mol. The highest BCUT2D eigenvalue weighted by Crippen LogP contribution is 2.25. The van der Waals surface area contributed by atoms with Crippen LogP contribution in [0.25, 0.3) is 0 Å². The van der Waals surface area contributed by atoms with E-state index in [9.17, 15) is 23.1 Å². The molecule has 2 unspecified atom stereocenters. The molecular formula is C21H31N5O5S. The fourth-order valence-corrected chi connectivity index (χ4v) is 5.73. The zero-order valence-corrected chi connectivity index (χ0v) is 18.7. The van der Waals surface area contributed by atoms with Gasteiger partial charge in [0.1, 0.15) is 6.04 Å². The minimum atomic E-state index is -3.73. The van der Waals surface area contributed by atoms with Crippen molar-refractivity contribution in [3.63, 3.8) is 0 Å². The van der Waals surface area contributed by atoms with Gasteiger partial charge < -0.3 is 21.1 Å². The van der Waals surface area contributed by atoms with Crippen LogP contribution in [-0.2, 0) is 25.4 Å². The highest BCUT2D eigenvalue weighted by molar-refractivity contribution is 7.88. The van der Waals surface area contributed by atoms with Gasteiger partial charge in [-0.25, -0.2) is 13.1 Å². The number of likely N-dealkylation sites (tertiary alicyclic amines) is 1. The molecule has 0 bridgehead atoms. The van der Waals surface area contributed by atoms with Gasteiger partial charge >= 0.3 is 0 Å². The normalized spacial score (nSPS) is 26.5. The van der Waals surface area contributed by atoms with Crippen molar-refractivity contribution in [2.24, 2.45) is 11.7 Å². The van der Waals surface area contributed by atoms with Crippen molar-refractivity contribution in [3.05, 3.63) is 35.9 Å². The molecular weight excluding hydrogens is 434 g/mol. The van der Waals surface area contributed by atoms with Crippen molar-refractivity contribution in [2.45, 2.75) is 56.0 Å². The maximum Gasteiger partial charge on any atom is 0.241 e. The molecule has 2 aliphatic rings. The van der Waals surface area contributed by atoms with Gasteiger partial charge in [0.05, 0.1) is 30.3 Å². The molecule has 1 aliphatic heterocycles. The first kappa shape index (κ1) is 24.1. The number of nitrogens with two attached hydrogens (primary N) is 1. The number of piperidine rings is 1. The van der Waals surface area contributed by atoms with E-state index < -0.39 is 45.9 Å². The number of nitrogens with zero attached hydrogens (tertiary/aromatic N) is 1. The van der Waals surface area contributed by atoms with Gasteiger partial charge in [-0.05, 0) is 31.2 Å². The lowest BCUT2D eigenvalue weighted by atomic mass is 9.82. The number of amides is 2. The summed E-state index contributed by atoms with van der Waals surface area (Å²) >= 11 is 0. The van der Waals surface area contributed by atoms with Gasteiger partial charge in [0.2, 0.25) is 21.8 Å². The van der Waals surface area contributed by atoms with Crippen LogP contribution in [0.3, 0.4) is 0 Å². The lowest BCUT2D eigenvalue weighted by Gasteiger charge is -2.36. The molecule has 2 fully saturated rings. The molecule has 1 aromatic carbocycles. The van der Waals surface area contributed by atoms with Crippen LogP contribution < -0.4 is 15.8 Å². The molecule has 6 N–H and O–H groups in total. The highest BCUT2D eigenvalue weighted by atomic mass is 32.2. The molecule has 1 aromatic rings. The number of amidine groups is 1. The molecule has 4 atom stereocenters. The molecule has 0 radical (unpaired) electrons. The summed E-state index contributed by atoms with van der Waals surface area (Å²) in [6.45, 7) is 0.135. The third-order valence-corrected chi connectivity index (χ3v) is 7.34. The summed E-state index contributed by atoms with van der Waals surface area (Å²) in [5.41, 5.74) is 6.15. The van der Waals surface area contributed by atoms with Gasteiger partial charge in [0.25, 0.3) is 0 Å².